The molecule has 0 aliphatic rings. The number of hydrogen-bond acceptors (Lipinski definition) is 4. The molecule has 160 valence electrons. The van der Waals surface area contributed by atoms with Crippen LogP contribution in [0.5, 0.6) is 5.75 Å². The van der Waals surface area contributed by atoms with E-state index in [1.165, 1.54) is 18.9 Å². The second kappa shape index (κ2) is 10.4. The van der Waals surface area contributed by atoms with Crippen LogP contribution >= 0.6 is 23.4 Å². The summed E-state index contributed by atoms with van der Waals surface area (Å²) in [4.78, 5) is 25.8. The van der Waals surface area contributed by atoms with Crippen molar-refractivity contribution in [1.29, 1.82) is 0 Å². The second-order valence-corrected chi connectivity index (χ2v) is 8.45. The first-order valence-corrected chi connectivity index (χ1v) is 11.0. The van der Waals surface area contributed by atoms with Gasteiger partial charge in [-0.25, -0.2) is 0 Å². The Morgan fingerprint density at radius 3 is 2.52 bits per heavy atom. The van der Waals surface area contributed by atoms with Gasteiger partial charge in [-0.05, 0) is 55.8 Å². The zero-order chi connectivity index (χ0) is 22.4. The Kier molecular flexibility index (Phi) is 7.60. The van der Waals surface area contributed by atoms with Crippen molar-refractivity contribution in [1.82, 2.24) is 0 Å². The Balaban J connectivity index is 1.61. The van der Waals surface area contributed by atoms with Crippen molar-refractivity contribution in [2.24, 2.45) is 0 Å². The Morgan fingerprint density at radius 1 is 1.00 bits per heavy atom. The molecule has 3 rings (SSSR count). The van der Waals surface area contributed by atoms with Gasteiger partial charge in [0.25, 0.3) is 5.91 Å². The number of aryl methyl sites for hydroxylation is 2. The largest absolute Gasteiger partial charge is 0.495 e. The maximum absolute atomic E-state index is 12.5. The lowest BCUT2D eigenvalue weighted by molar-refractivity contribution is -0.113. The summed E-state index contributed by atoms with van der Waals surface area (Å²) in [7, 11) is 1.53. The van der Waals surface area contributed by atoms with Gasteiger partial charge < -0.3 is 15.4 Å². The van der Waals surface area contributed by atoms with Crippen molar-refractivity contribution < 1.29 is 14.3 Å². The molecule has 0 heterocycles. The monoisotopic (exact) mass is 454 g/mol. The zero-order valence-corrected chi connectivity index (χ0v) is 19.1. The van der Waals surface area contributed by atoms with Crippen LogP contribution in [0.15, 0.2) is 65.6 Å². The maximum atomic E-state index is 12.5. The Morgan fingerprint density at radius 2 is 1.77 bits per heavy atom. The van der Waals surface area contributed by atoms with Gasteiger partial charge in [0.15, 0.2) is 0 Å². The highest BCUT2D eigenvalue weighted by Crippen LogP contribution is 2.31. The minimum atomic E-state index is -0.172. The molecule has 5 nitrogen and oxygen atoms in total. The van der Waals surface area contributed by atoms with E-state index in [0.717, 1.165) is 16.0 Å². The lowest BCUT2D eigenvalue weighted by Gasteiger charge is -2.12. The minimum absolute atomic E-state index is 0.167. The number of amides is 2. The number of carbonyl (C=O) groups excluding carboxylic acids is 2. The fraction of sp³-hybridized carbons (Fsp3) is 0.167. The molecule has 0 unspecified atom stereocenters. The number of carbonyl (C=O) groups is 2. The van der Waals surface area contributed by atoms with Crippen molar-refractivity contribution in [3.05, 3.63) is 82.4 Å². The molecule has 2 amide bonds. The van der Waals surface area contributed by atoms with E-state index < -0.39 is 0 Å². The molecule has 0 aromatic heterocycles. The van der Waals surface area contributed by atoms with E-state index in [2.05, 4.69) is 10.6 Å². The highest BCUT2D eigenvalue weighted by Gasteiger charge is 2.12. The summed E-state index contributed by atoms with van der Waals surface area (Å²) in [6, 6.07) is 18.3. The van der Waals surface area contributed by atoms with Crippen molar-refractivity contribution in [2.75, 3.05) is 23.5 Å². The highest BCUT2D eigenvalue weighted by atomic mass is 35.5. The Labute approximate surface area is 191 Å². The van der Waals surface area contributed by atoms with Gasteiger partial charge in [-0.15, -0.1) is 11.8 Å². The minimum Gasteiger partial charge on any atom is -0.495 e. The topological polar surface area (TPSA) is 67.4 Å². The average Bonchev–Trinajstić information content (AvgIpc) is 2.75. The number of benzene rings is 3. The fourth-order valence-electron chi connectivity index (χ4n) is 2.92. The summed E-state index contributed by atoms with van der Waals surface area (Å²) in [5, 5.41) is 6.34. The van der Waals surface area contributed by atoms with Crippen LogP contribution in [-0.4, -0.2) is 24.7 Å². The molecule has 0 aliphatic heterocycles. The zero-order valence-electron chi connectivity index (χ0n) is 17.5. The summed E-state index contributed by atoms with van der Waals surface area (Å²) in [5.74, 6) is 0.378. The predicted molar refractivity (Wildman–Crippen MR) is 128 cm³/mol. The van der Waals surface area contributed by atoms with Gasteiger partial charge in [-0.3, -0.25) is 9.59 Å². The molecule has 0 spiro atoms. The molecule has 0 saturated carbocycles. The van der Waals surface area contributed by atoms with Gasteiger partial charge in [-0.2, -0.15) is 0 Å². The van der Waals surface area contributed by atoms with Crippen molar-refractivity contribution in [3.63, 3.8) is 0 Å². The van der Waals surface area contributed by atoms with E-state index in [0.29, 0.717) is 27.7 Å². The van der Waals surface area contributed by atoms with Gasteiger partial charge in [0.05, 0.1) is 18.6 Å². The summed E-state index contributed by atoms with van der Waals surface area (Å²) in [6.45, 7) is 3.81. The molecule has 0 fully saturated rings. The molecule has 0 radical (unpaired) electrons. The third-order valence-corrected chi connectivity index (χ3v) is 5.90. The van der Waals surface area contributed by atoms with Crippen LogP contribution in [0.4, 0.5) is 11.4 Å². The summed E-state index contributed by atoms with van der Waals surface area (Å²) in [6.07, 6.45) is 0. The third kappa shape index (κ3) is 6.26. The predicted octanol–water partition coefficient (Wildman–Crippen LogP) is 5.95. The van der Waals surface area contributed by atoms with Crippen LogP contribution in [0.25, 0.3) is 0 Å². The average molecular weight is 455 g/mol. The van der Waals surface area contributed by atoms with Crippen LogP contribution < -0.4 is 15.4 Å². The maximum Gasteiger partial charge on any atom is 0.255 e. The van der Waals surface area contributed by atoms with Gasteiger partial charge in [0, 0.05) is 27.2 Å². The number of rotatable bonds is 7. The SMILES string of the molecule is COc1cc(Cl)c(C)cc1NC(=O)CSc1cccc(NC(=O)c2cccc(C)c2)c1. The first kappa shape index (κ1) is 22.7. The molecule has 3 aromatic carbocycles. The fourth-order valence-corrected chi connectivity index (χ4v) is 3.83. The number of halogens is 1. The van der Waals surface area contributed by atoms with Gasteiger partial charge in [0.1, 0.15) is 5.75 Å². The number of thioether (sulfide) groups is 1. The molecule has 0 saturated heterocycles. The van der Waals surface area contributed by atoms with Crippen LogP contribution in [0.3, 0.4) is 0 Å². The Hall–Kier alpha value is -2.96. The highest BCUT2D eigenvalue weighted by molar-refractivity contribution is 8.00. The van der Waals surface area contributed by atoms with E-state index in [9.17, 15) is 9.59 Å². The molecular weight excluding hydrogens is 432 g/mol. The second-order valence-electron chi connectivity index (χ2n) is 6.99. The number of methoxy groups -OCH3 is 1. The number of anilines is 2. The molecule has 3 aromatic rings. The lowest BCUT2D eigenvalue weighted by atomic mass is 10.1. The van der Waals surface area contributed by atoms with Crippen molar-refractivity contribution in [2.45, 2.75) is 18.7 Å². The lowest BCUT2D eigenvalue weighted by Crippen LogP contribution is -2.15. The first-order chi connectivity index (χ1) is 14.9. The standard InChI is InChI=1S/C24H23ClN2O3S/c1-15-6-4-7-17(10-15)24(29)26-18-8-5-9-19(12-18)31-14-23(28)27-21-11-16(2)20(25)13-22(21)30-3/h4-13H,14H2,1-3H3,(H,26,29)(H,27,28). The van der Waals surface area contributed by atoms with Gasteiger partial charge in [-0.1, -0.05) is 35.4 Å². The van der Waals surface area contributed by atoms with Crippen LogP contribution in [0.2, 0.25) is 5.02 Å². The normalized spacial score (nSPS) is 10.5. The van der Waals surface area contributed by atoms with Gasteiger partial charge >= 0.3 is 0 Å². The quantitative estimate of drug-likeness (QED) is 0.433. The number of ether oxygens (including phenoxy) is 1. The third-order valence-electron chi connectivity index (χ3n) is 4.50. The molecule has 31 heavy (non-hydrogen) atoms. The van der Waals surface area contributed by atoms with Gasteiger partial charge in [0.2, 0.25) is 5.91 Å². The summed E-state index contributed by atoms with van der Waals surface area (Å²) in [5.41, 5.74) is 3.73. The molecule has 0 aliphatic carbocycles. The molecule has 2 N–H and O–H groups in total. The van der Waals surface area contributed by atoms with E-state index in [1.807, 2.05) is 56.3 Å². The first-order valence-electron chi connectivity index (χ1n) is 9.60. The van der Waals surface area contributed by atoms with Crippen LogP contribution in [-0.2, 0) is 4.79 Å². The van der Waals surface area contributed by atoms with Crippen LogP contribution in [0, 0.1) is 13.8 Å². The van der Waals surface area contributed by atoms with Crippen molar-refractivity contribution in [3.8, 4) is 5.75 Å². The number of nitrogens with one attached hydrogen (secondary N) is 2. The van der Waals surface area contributed by atoms with Crippen LogP contribution in [0.1, 0.15) is 21.5 Å². The van der Waals surface area contributed by atoms with E-state index in [-0.39, 0.29) is 17.6 Å². The van der Waals surface area contributed by atoms with E-state index >= 15 is 0 Å². The Bertz CT molecular complexity index is 1120. The van der Waals surface area contributed by atoms with E-state index in [4.69, 9.17) is 16.3 Å². The molecule has 0 bridgehead atoms. The number of hydrogen-bond donors (Lipinski definition) is 2. The van der Waals surface area contributed by atoms with Crippen molar-refractivity contribution >= 4 is 46.6 Å². The van der Waals surface area contributed by atoms with E-state index in [1.54, 1.807) is 18.2 Å². The summed E-state index contributed by atoms with van der Waals surface area (Å²) < 4.78 is 5.30. The smallest absolute Gasteiger partial charge is 0.255 e. The summed E-state index contributed by atoms with van der Waals surface area (Å²) >= 11 is 7.49. The molecule has 0 atom stereocenters. The molecule has 7 heteroatoms. The molecular formula is C24H23ClN2O3S.